The molecule has 0 aliphatic carbocycles. The first-order valence-electron chi connectivity index (χ1n) is 6.65. The quantitative estimate of drug-likeness (QED) is 0.640. The van der Waals surface area contributed by atoms with Crippen LogP contribution >= 0.6 is 31.9 Å². The standard InChI is InChI=1S/C16H14Br2N2O3/c1-10(21)19-20-15(22)16(23,11-2-6-13(17)7-3-11)12-4-8-14(18)9-5-12/h2-9,23H,1H3,(H,19,21)(H,20,22). The maximum atomic E-state index is 12.5. The van der Waals surface area contributed by atoms with E-state index in [0.717, 1.165) is 8.95 Å². The molecule has 0 spiro atoms. The van der Waals surface area contributed by atoms with Crippen LogP contribution in [0.3, 0.4) is 0 Å². The Morgan fingerprint density at radius 3 is 1.61 bits per heavy atom. The van der Waals surface area contributed by atoms with E-state index in [1.165, 1.54) is 6.92 Å². The van der Waals surface area contributed by atoms with Crippen LogP contribution in [0.25, 0.3) is 0 Å². The monoisotopic (exact) mass is 440 g/mol. The first-order chi connectivity index (χ1) is 10.8. The van der Waals surface area contributed by atoms with Gasteiger partial charge in [0.15, 0.2) is 5.60 Å². The molecule has 0 saturated carbocycles. The summed E-state index contributed by atoms with van der Waals surface area (Å²) in [7, 11) is 0. The van der Waals surface area contributed by atoms with E-state index in [2.05, 4.69) is 42.7 Å². The van der Waals surface area contributed by atoms with E-state index in [0.29, 0.717) is 11.1 Å². The number of rotatable bonds is 3. The van der Waals surface area contributed by atoms with Crippen LogP contribution in [-0.4, -0.2) is 16.9 Å². The molecule has 2 rings (SSSR count). The third-order valence-electron chi connectivity index (χ3n) is 3.20. The highest BCUT2D eigenvalue weighted by Crippen LogP contribution is 2.31. The van der Waals surface area contributed by atoms with Crippen molar-refractivity contribution in [3.63, 3.8) is 0 Å². The molecule has 120 valence electrons. The van der Waals surface area contributed by atoms with Crippen LogP contribution in [0.5, 0.6) is 0 Å². The van der Waals surface area contributed by atoms with Crippen molar-refractivity contribution in [1.82, 2.24) is 10.9 Å². The number of carbonyl (C=O) groups excluding carboxylic acids is 2. The summed E-state index contributed by atoms with van der Waals surface area (Å²) in [6.07, 6.45) is 0. The van der Waals surface area contributed by atoms with Crippen LogP contribution in [0.15, 0.2) is 57.5 Å². The maximum absolute atomic E-state index is 12.5. The van der Waals surface area contributed by atoms with Gasteiger partial charge in [-0.05, 0) is 35.4 Å². The molecular formula is C16H14Br2N2O3. The topological polar surface area (TPSA) is 78.4 Å². The summed E-state index contributed by atoms with van der Waals surface area (Å²) < 4.78 is 1.64. The van der Waals surface area contributed by atoms with E-state index in [9.17, 15) is 14.7 Å². The molecule has 0 radical (unpaired) electrons. The Kier molecular flexibility index (Phi) is 5.56. The van der Waals surface area contributed by atoms with Crippen molar-refractivity contribution in [3.8, 4) is 0 Å². The van der Waals surface area contributed by atoms with Gasteiger partial charge in [-0.3, -0.25) is 20.4 Å². The molecule has 0 aliphatic rings. The van der Waals surface area contributed by atoms with Gasteiger partial charge >= 0.3 is 0 Å². The lowest BCUT2D eigenvalue weighted by Gasteiger charge is -2.28. The van der Waals surface area contributed by atoms with Gasteiger partial charge in [0.2, 0.25) is 5.91 Å². The first kappa shape index (κ1) is 17.7. The van der Waals surface area contributed by atoms with E-state index in [1.807, 2.05) is 0 Å². The zero-order valence-corrected chi connectivity index (χ0v) is 15.3. The smallest absolute Gasteiger partial charge is 0.279 e. The van der Waals surface area contributed by atoms with E-state index in [1.54, 1.807) is 48.5 Å². The van der Waals surface area contributed by atoms with Crippen molar-refractivity contribution >= 4 is 43.7 Å². The fourth-order valence-electron chi connectivity index (χ4n) is 2.05. The molecule has 0 aliphatic heterocycles. The SMILES string of the molecule is CC(=O)NNC(=O)C(O)(c1ccc(Br)cc1)c1ccc(Br)cc1. The third-order valence-corrected chi connectivity index (χ3v) is 4.26. The Morgan fingerprint density at radius 1 is 0.870 bits per heavy atom. The second-order valence-corrected chi connectivity index (χ2v) is 6.69. The summed E-state index contributed by atoms with van der Waals surface area (Å²) in [5.74, 6) is -1.19. The molecule has 0 aromatic heterocycles. The fourth-order valence-corrected chi connectivity index (χ4v) is 2.57. The van der Waals surface area contributed by atoms with Crippen molar-refractivity contribution in [2.24, 2.45) is 0 Å². The third kappa shape index (κ3) is 3.99. The molecular weight excluding hydrogens is 428 g/mol. The Hall–Kier alpha value is -1.70. The second-order valence-electron chi connectivity index (χ2n) is 4.86. The average Bonchev–Trinajstić information content (AvgIpc) is 2.53. The number of hydrogen-bond donors (Lipinski definition) is 3. The van der Waals surface area contributed by atoms with Crippen LogP contribution in [0.1, 0.15) is 18.1 Å². The van der Waals surface area contributed by atoms with Crippen LogP contribution in [-0.2, 0) is 15.2 Å². The lowest BCUT2D eigenvalue weighted by Crippen LogP contribution is -2.51. The van der Waals surface area contributed by atoms with Gasteiger partial charge < -0.3 is 5.11 Å². The zero-order valence-electron chi connectivity index (χ0n) is 12.1. The summed E-state index contributed by atoms with van der Waals surface area (Å²) >= 11 is 6.64. The lowest BCUT2D eigenvalue weighted by molar-refractivity contribution is -0.140. The van der Waals surface area contributed by atoms with Gasteiger partial charge in [-0.2, -0.15) is 0 Å². The highest BCUT2D eigenvalue weighted by molar-refractivity contribution is 9.10. The normalized spacial score (nSPS) is 11.0. The number of nitrogens with one attached hydrogen (secondary N) is 2. The molecule has 5 nitrogen and oxygen atoms in total. The molecule has 0 heterocycles. The van der Waals surface area contributed by atoms with E-state index in [4.69, 9.17) is 0 Å². The van der Waals surface area contributed by atoms with Crippen LogP contribution in [0.4, 0.5) is 0 Å². The van der Waals surface area contributed by atoms with E-state index < -0.39 is 17.4 Å². The molecule has 0 bridgehead atoms. The number of hydrogen-bond acceptors (Lipinski definition) is 3. The Bertz CT molecular complexity index is 670. The van der Waals surface area contributed by atoms with Gasteiger partial charge in [0.1, 0.15) is 0 Å². The molecule has 7 heteroatoms. The van der Waals surface area contributed by atoms with Gasteiger partial charge in [-0.15, -0.1) is 0 Å². The predicted molar refractivity (Wildman–Crippen MR) is 93.2 cm³/mol. The van der Waals surface area contributed by atoms with Crippen LogP contribution in [0.2, 0.25) is 0 Å². The highest BCUT2D eigenvalue weighted by atomic mass is 79.9. The molecule has 0 fully saturated rings. The number of halogens is 2. The molecule has 0 atom stereocenters. The summed E-state index contributed by atoms with van der Waals surface area (Å²) in [5.41, 5.74) is 3.25. The average molecular weight is 442 g/mol. The zero-order chi connectivity index (χ0) is 17.0. The van der Waals surface area contributed by atoms with Crippen LogP contribution in [0, 0.1) is 0 Å². The summed E-state index contributed by atoms with van der Waals surface area (Å²) in [5, 5.41) is 11.1. The second kappa shape index (κ2) is 7.25. The minimum Gasteiger partial charge on any atom is -0.372 e. The minimum atomic E-state index is -1.94. The number of carbonyl (C=O) groups is 2. The number of amides is 2. The molecule has 23 heavy (non-hydrogen) atoms. The van der Waals surface area contributed by atoms with Gasteiger partial charge in [-0.25, -0.2) is 0 Å². The molecule has 2 aromatic carbocycles. The van der Waals surface area contributed by atoms with Gasteiger partial charge in [0.05, 0.1) is 0 Å². The molecule has 0 unspecified atom stereocenters. The number of benzene rings is 2. The predicted octanol–water partition coefficient (Wildman–Crippen LogP) is 2.61. The Balaban J connectivity index is 2.49. The summed E-state index contributed by atoms with van der Waals surface area (Å²) in [6.45, 7) is 1.26. The lowest BCUT2D eigenvalue weighted by atomic mass is 9.85. The van der Waals surface area contributed by atoms with Crippen molar-refractivity contribution in [2.75, 3.05) is 0 Å². The van der Waals surface area contributed by atoms with Crippen molar-refractivity contribution in [3.05, 3.63) is 68.6 Å². The first-order valence-corrected chi connectivity index (χ1v) is 8.24. The van der Waals surface area contributed by atoms with Gasteiger partial charge in [-0.1, -0.05) is 56.1 Å². The fraction of sp³-hybridized carbons (Fsp3) is 0.125. The highest BCUT2D eigenvalue weighted by Gasteiger charge is 2.40. The van der Waals surface area contributed by atoms with E-state index >= 15 is 0 Å². The molecule has 2 amide bonds. The summed E-state index contributed by atoms with van der Waals surface area (Å²) in [4.78, 5) is 23.6. The Morgan fingerprint density at radius 2 is 1.26 bits per heavy atom. The van der Waals surface area contributed by atoms with Crippen LogP contribution < -0.4 is 10.9 Å². The Labute approximate surface area is 150 Å². The largest absolute Gasteiger partial charge is 0.372 e. The minimum absolute atomic E-state index is 0.380. The maximum Gasteiger partial charge on any atom is 0.279 e. The molecule has 2 aromatic rings. The van der Waals surface area contributed by atoms with Crippen molar-refractivity contribution < 1.29 is 14.7 Å². The van der Waals surface area contributed by atoms with E-state index in [-0.39, 0.29) is 0 Å². The molecule has 0 saturated heterocycles. The van der Waals surface area contributed by atoms with Crippen molar-refractivity contribution in [1.29, 1.82) is 0 Å². The van der Waals surface area contributed by atoms with Crippen molar-refractivity contribution in [2.45, 2.75) is 12.5 Å². The van der Waals surface area contributed by atoms with Gasteiger partial charge in [0, 0.05) is 15.9 Å². The molecule has 3 N–H and O–H groups in total. The number of hydrazine groups is 1. The number of aliphatic hydroxyl groups is 1. The summed E-state index contributed by atoms with van der Waals surface area (Å²) in [6, 6.07) is 13.5. The van der Waals surface area contributed by atoms with Gasteiger partial charge in [0.25, 0.3) is 5.91 Å².